The molecule has 0 aliphatic heterocycles. The van der Waals surface area contributed by atoms with Crippen LogP contribution in [-0.4, -0.2) is 22.0 Å². The molecular weight excluding hydrogens is 236 g/mol. The molecule has 1 fully saturated rings. The largest absolute Gasteiger partial charge is 0.298 e. The van der Waals surface area contributed by atoms with Gasteiger partial charge in [-0.15, -0.1) is 23.5 Å². The maximum Gasteiger partial charge on any atom is 0.149 e. The minimum absolute atomic E-state index is 0.194. The zero-order chi connectivity index (χ0) is 11.6. The van der Waals surface area contributed by atoms with Crippen LogP contribution in [0.2, 0.25) is 0 Å². The Morgan fingerprint density at radius 3 is 2.62 bits per heavy atom. The normalized spacial score (nSPS) is 29.6. The smallest absolute Gasteiger partial charge is 0.149 e. The lowest BCUT2D eigenvalue weighted by atomic mass is 10.1. The fourth-order valence-electron chi connectivity index (χ4n) is 2.05. The summed E-state index contributed by atoms with van der Waals surface area (Å²) in [4.78, 5) is 13.2. The molecule has 2 rings (SSSR count). The number of benzene rings is 1. The second kappa shape index (κ2) is 4.84. The first-order valence-corrected chi connectivity index (χ1v) is 7.57. The topological polar surface area (TPSA) is 17.1 Å². The van der Waals surface area contributed by atoms with Crippen LogP contribution in [0.4, 0.5) is 0 Å². The number of rotatable bonds is 3. The summed E-state index contributed by atoms with van der Waals surface area (Å²) in [6.45, 7) is 2.09. The van der Waals surface area contributed by atoms with Crippen molar-refractivity contribution in [3.05, 3.63) is 30.3 Å². The van der Waals surface area contributed by atoms with Crippen molar-refractivity contribution in [1.29, 1.82) is 0 Å². The molecular formula is C13H16OS2. The molecule has 1 saturated carbocycles. The van der Waals surface area contributed by atoms with E-state index in [1.165, 1.54) is 4.90 Å². The zero-order valence-corrected chi connectivity index (χ0v) is 11.2. The first kappa shape index (κ1) is 12.1. The van der Waals surface area contributed by atoms with Crippen LogP contribution in [0.25, 0.3) is 0 Å². The highest BCUT2D eigenvalue weighted by Gasteiger charge is 2.45. The van der Waals surface area contributed by atoms with Crippen LogP contribution in [0.3, 0.4) is 0 Å². The lowest BCUT2D eigenvalue weighted by Gasteiger charge is -2.27. The van der Waals surface area contributed by atoms with Gasteiger partial charge in [-0.25, -0.2) is 0 Å². The Kier molecular flexibility index (Phi) is 3.65. The van der Waals surface area contributed by atoms with E-state index in [1.54, 1.807) is 11.8 Å². The van der Waals surface area contributed by atoms with E-state index in [2.05, 4.69) is 31.2 Å². The van der Waals surface area contributed by atoms with Crippen LogP contribution in [0.1, 0.15) is 19.8 Å². The van der Waals surface area contributed by atoms with Crippen molar-refractivity contribution in [2.45, 2.75) is 34.7 Å². The van der Waals surface area contributed by atoms with E-state index < -0.39 is 0 Å². The SMILES string of the molecule is CS[C@@]1(C)C(=O)CC[C@H]1Sc1ccccc1. The molecule has 3 heteroatoms. The van der Waals surface area contributed by atoms with E-state index in [0.29, 0.717) is 11.0 Å². The average Bonchev–Trinajstić information content (AvgIpc) is 2.59. The molecule has 0 amide bonds. The Morgan fingerprint density at radius 1 is 1.31 bits per heavy atom. The summed E-state index contributed by atoms with van der Waals surface area (Å²) in [6, 6.07) is 10.4. The van der Waals surface area contributed by atoms with Crippen LogP contribution >= 0.6 is 23.5 Å². The average molecular weight is 252 g/mol. The molecule has 2 atom stereocenters. The summed E-state index contributed by atoms with van der Waals surface area (Å²) in [6.07, 6.45) is 3.79. The van der Waals surface area contributed by atoms with E-state index >= 15 is 0 Å². The van der Waals surface area contributed by atoms with Crippen LogP contribution in [-0.2, 0) is 4.79 Å². The Balaban J connectivity index is 2.14. The van der Waals surface area contributed by atoms with Crippen molar-refractivity contribution < 1.29 is 4.79 Å². The summed E-state index contributed by atoms with van der Waals surface area (Å²) in [5, 5.41) is 0.414. The maximum absolute atomic E-state index is 11.9. The molecule has 16 heavy (non-hydrogen) atoms. The second-order valence-electron chi connectivity index (χ2n) is 4.19. The van der Waals surface area contributed by atoms with Gasteiger partial charge in [0.05, 0.1) is 4.75 Å². The fraction of sp³-hybridized carbons (Fsp3) is 0.462. The number of Topliss-reactive ketones (excluding diaryl/α,β-unsaturated/α-hetero) is 1. The molecule has 1 aromatic carbocycles. The lowest BCUT2D eigenvalue weighted by Crippen LogP contribution is -2.34. The third-order valence-corrected chi connectivity index (χ3v) is 6.29. The van der Waals surface area contributed by atoms with Gasteiger partial charge in [-0.1, -0.05) is 18.2 Å². The van der Waals surface area contributed by atoms with Gasteiger partial charge >= 0.3 is 0 Å². The van der Waals surface area contributed by atoms with Gasteiger partial charge in [-0.05, 0) is 31.7 Å². The molecule has 0 radical (unpaired) electrons. The molecule has 0 spiro atoms. The number of carbonyl (C=O) groups excluding carboxylic acids is 1. The molecule has 1 nitrogen and oxygen atoms in total. The molecule has 1 aliphatic rings. The number of ketones is 1. The monoisotopic (exact) mass is 252 g/mol. The molecule has 0 N–H and O–H groups in total. The Hall–Kier alpha value is -0.410. The third-order valence-electron chi connectivity index (χ3n) is 3.25. The molecule has 86 valence electrons. The summed E-state index contributed by atoms with van der Waals surface area (Å²) < 4.78 is -0.194. The van der Waals surface area contributed by atoms with Gasteiger partial charge in [-0.3, -0.25) is 4.79 Å². The first-order valence-electron chi connectivity index (χ1n) is 5.47. The lowest BCUT2D eigenvalue weighted by molar-refractivity contribution is -0.118. The zero-order valence-electron chi connectivity index (χ0n) is 9.60. The van der Waals surface area contributed by atoms with E-state index in [4.69, 9.17) is 0 Å². The summed E-state index contributed by atoms with van der Waals surface area (Å²) in [5.74, 6) is 0.411. The van der Waals surface area contributed by atoms with Crippen LogP contribution < -0.4 is 0 Å². The fourth-order valence-corrected chi connectivity index (χ4v) is 4.42. The van der Waals surface area contributed by atoms with Crippen LogP contribution in [0, 0.1) is 0 Å². The van der Waals surface area contributed by atoms with Crippen molar-refractivity contribution in [1.82, 2.24) is 0 Å². The van der Waals surface area contributed by atoms with Gasteiger partial charge in [0.25, 0.3) is 0 Å². The van der Waals surface area contributed by atoms with E-state index in [1.807, 2.05) is 24.1 Å². The predicted molar refractivity (Wildman–Crippen MR) is 72.2 cm³/mol. The van der Waals surface area contributed by atoms with Gasteiger partial charge in [0.1, 0.15) is 5.78 Å². The number of carbonyl (C=O) groups is 1. The van der Waals surface area contributed by atoms with Crippen LogP contribution in [0.5, 0.6) is 0 Å². The maximum atomic E-state index is 11.9. The van der Waals surface area contributed by atoms with Gasteiger partial charge in [0, 0.05) is 16.6 Å². The number of thioether (sulfide) groups is 2. The predicted octanol–water partition coefficient (Wildman–Crippen LogP) is 3.63. The van der Waals surface area contributed by atoms with Crippen molar-refractivity contribution in [3.8, 4) is 0 Å². The Bertz CT molecular complexity index is 377. The highest BCUT2D eigenvalue weighted by Crippen LogP contribution is 2.46. The molecule has 0 unspecified atom stereocenters. The number of hydrogen-bond acceptors (Lipinski definition) is 3. The minimum Gasteiger partial charge on any atom is -0.298 e. The van der Waals surface area contributed by atoms with Gasteiger partial charge in [-0.2, -0.15) is 0 Å². The quantitative estimate of drug-likeness (QED) is 0.817. The Labute approximate surface area is 105 Å². The summed E-state index contributed by atoms with van der Waals surface area (Å²) >= 11 is 3.54. The van der Waals surface area contributed by atoms with Crippen molar-refractivity contribution in [3.63, 3.8) is 0 Å². The van der Waals surface area contributed by atoms with E-state index in [-0.39, 0.29) is 4.75 Å². The van der Waals surface area contributed by atoms with Crippen molar-refractivity contribution >= 4 is 29.3 Å². The minimum atomic E-state index is -0.194. The van der Waals surface area contributed by atoms with Crippen LogP contribution in [0.15, 0.2) is 35.2 Å². The Morgan fingerprint density at radius 2 is 2.00 bits per heavy atom. The van der Waals surface area contributed by atoms with Gasteiger partial charge in [0.2, 0.25) is 0 Å². The summed E-state index contributed by atoms with van der Waals surface area (Å²) in [5.41, 5.74) is 0. The molecule has 0 aromatic heterocycles. The standard InChI is InChI=1S/C13H16OS2/c1-13(15-2)11(14)8-9-12(13)16-10-6-4-3-5-7-10/h3-7,12H,8-9H2,1-2H3/t12-,13+/m1/s1. The second-order valence-corrected chi connectivity index (χ2v) is 6.73. The molecule has 1 aromatic rings. The van der Waals surface area contributed by atoms with E-state index in [0.717, 1.165) is 12.8 Å². The first-order chi connectivity index (χ1) is 7.66. The third kappa shape index (κ3) is 2.16. The highest BCUT2D eigenvalue weighted by atomic mass is 32.2. The summed E-state index contributed by atoms with van der Waals surface area (Å²) in [7, 11) is 0. The molecule has 0 saturated heterocycles. The van der Waals surface area contributed by atoms with Gasteiger partial charge < -0.3 is 0 Å². The highest BCUT2D eigenvalue weighted by molar-refractivity contribution is 8.04. The number of hydrogen-bond donors (Lipinski definition) is 0. The molecule has 0 heterocycles. The molecule has 1 aliphatic carbocycles. The van der Waals surface area contributed by atoms with E-state index in [9.17, 15) is 4.79 Å². The van der Waals surface area contributed by atoms with Gasteiger partial charge in [0.15, 0.2) is 0 Å². The van der Waals surface area contributed by atoms with Crippen molar-refractivity contribution in [2.24, 2.45) is 0 Å². The van der Waals surface area contributed by atoms with Crippen molar-refractivity contribution in [2.75, 3.05) is 6.26 Å². The molecule has 0 bridgehead atoms.